The number of aliphatic hydroxyl groups excluding tert-OH is 1. The zero-order valence-corrected chi connectivity index (χ0v) is 23.2. The van der Waals surface area contributed by atoms with Gasteiger partial charge >= 0.3 is 0 Å². The van der Waals surface area contributed by atoms with Crippen molar-refractivity contribution in [2.24, 2.45) is 0 Å². The minimum Gasteiger partial charge on any atom is -0.507 e. The number of likely N-dealkylation sites (tertiary alicyclic amines) is 1. The number of amides is 2. The molecule has 3 aliphatic rings. The first-order valence-electron chi connectivity index (χ1n) is 13.4. The van der Waals surface area contributed by atoms with Crippen LogP contribution in [0.5, 0.6) is 0 Å². The van der Waals surface area contributed by atoms with Crippen LogP contribution in [0.15, 0.2) is 83.5 Å². The van der Waals surface area contributed by atoms with Crippen molar-refractivity contribution in [1.29, 1.82) is 0 Å². The van der Waals surface area contributed by atoms with Gasteiger partial charge in [-0.2, -0.15) is 4.31 Å². The number of benzene rings is 2. The summed E-state index contributed by atoms with van der Waals surface area (Å²) in [5, 5.41) is 11.7. The lowest BCUT2D eigenvalue weighted by Gasteiger charge is -2.34. The van der Waals surface area contributed by atoms with E-state index >= 15 is 0 Å². The number of carbonyl (C=O) groups is 3. The maximum absolute atomic E-state index is 14.3. The number of para-hydroxylation sites is 1. The van der Waals surface area contributed by atoms with Gasteiger partial charge in [0.1, 0.15) is 5.76 Å². The number of aliphatic hydroxyl groups is 1. The number of Topliss-reactive ketones (excluding diaryl/α,β-unsaturated/α-hetero) is 1. The van der Waals surface area contributed by atoms with E-state index in [-0.39, 0.29) is 29.1 Å². The first-order chi connectivity index (χ1) is 19.7. The molecule has 2 fully saturated rings. The Bertz CT molecular complexity index is 1700. The first kappa shape index (κ1) is 26.9. The minimum atomic E-state index is -3.71. The summed E-state index contributed by atoms with van der Waals surface area (Å²) in [6.45, 7) is 2.86. The Labute approximate surface area is 237 Å². The molecule has 3 aliphatic heterocycles. The molecule has 0 saturated carbocycles. The smallest absolute Gasteiger partial charge is 0.296 e. The SMILES string of the molecule is CCN1C(=O)C2(/C(=C(/O)c3ccc(S(=O)(=O)N4CCCC4)cc3)C(=O)C(=O)N2Cc2cccnc2)c2ccccc21. The minimum absolute atomic E-state index is 0.0575. The van der Waals surface area contributed by atoms with Crippen molar-refractivity contribution < 1.29 is 27.9 Å². The quantitative estimate of drug-likeness (QED) is 0.273. The van der Waals surface area contributed by atoms with Gasteiger partial charge in [-0.3, -0.25) is 19.4 Å². The van der Waals surface area contributed by atoms with Crippen molar-refractivity contribution in [3.8, 4) is 0 Å². The van der Waals surface area contributed by atoms with E-state index in [0.717, 1.165) is 12.8 Å². The molecular weight excluding hydrogens is 544 g/mol. The van der Waals surface area contributed by atoms with Crippen LogP contribution in [0.25, 0.3) is 5.76 Å². The fraction of sp³-hybridized carbons (Fsp3) is 0.267. The van der Waals surface area contributed by atoms with Gasteiger partial charge < -0.3 is 14.9 Å². The number of fused-ring (bicyclic) bond motifs is 2. The number of likely N-dealkylation sites (N-methyl/N-ethyl adjacent to an activating group) is 1. The van der Waals surface area contributed by atoms with E-state index in [1.807, 2.05) is 0 Å². The lowest BCUT2D eigenvalue weighted by Crippen LogP contribution is -2.51. The number of ketones is 1. The molecule has 41 heavy (non-hydrogen) atoms. The molecule has 1 atom stereocenters. The average Bonchev–Trinajstić information content (AvgIpc) is 3.67. The molecule has 1 spiro atoms. The number of sulfonamides is 1. The molecule has 1 aromatic heterocycles. The highest BCUT2D eigenvalue weighted by molar-refractivity contribution is 7.89. The average molecular weight is 573 g/mol. The van der Waals surface area contributed by atoms with E-state index in [4.69, 9.17) is 0 Å². The third-order valence-electron chi connectivity index (χ3n) is 8.02. The highest BCUT2D eigenvalue weighted by Crippen LogP contribution is 2.54. The van der Waals surface area contributed by atoms with Crippen molar-refractivity contribution in [1.82, 2.24) is 14.2 Å². The molecule has 6 rings (SSSR count). The number of hydrogen-bond acceptors (Lipinski definition) is 7. The van der Waals surface area contributed by atoms with Crippen molar-refractivity contribution in [3.05, 3.63) is 95.3 Å². The van der Waals surface area contributed by atoms with Crippen molar-refractivity contribution in [2.75, 3.05) is 24.5 Å². The van der Waals surface area contributed by atoms with Gasteiger partial charge in [-0.25, -0.2) is 8.42 Å². The highest BCUT2D eigenvalue weighted by atomic mass is 32.2. The molecule has 10 nitrogen and oxygen atoms in total. The lowest BCUT2D eigenvalue weighted by molar-refractivity contribution is -0.144. The zero-order chi connectivity index (χ0) is 28.9. The summed E-state index contributed by atoms with van der Waals surface area (Å²) in [6.07, 6.45) is 4.72. The Kier molecular flexibility index (Phi) is 6.50. The Hall–Kier alpha value is -4.35. The second kappa shape index (κ2) is 9.93. The van der Waals surface area contributed by atoms with Crippen LogP contribution in [0, 0.1) is 0 Å². The fourth-order valence-electron chi connectivity index (χ4n) is 6.08. The largest absolute Gasteiger partial charge is 0.507 e. The molecule has 1 unspecified atom stereocenters. The lowest BCUT2D eigenvalue weighted by atomic mass is 9.81. The topological polar surface area (TPSA) is 128 Å². The molecule has 0 bridgehead atoms. The molecule has 2 saturated heterocycles. The first-order valence-corrected chi connectivity index (χ1v) is 14.9. The number of hydrogen-bond donors (Lipinski definition) is 1. The van der Waals surface area contributed by atoms with E-state index in [1.165, 1.54) is 38.4 Å². The standard InChI is InChI=1S/C30H28N4O6S/c1-2-33-24-10-4-3-9-23(24)30(29(33)38)25(27(36)28(37)34(30)19-20-8-7-15-31-18-20)26(35)21-11-13-22(14-12-21)41(39,40)32-16-5-6-17-32/h3-4,7-15,18,35H,2,5-6,16-17,19H2,1H3/b26-25+. The van der Waals surface area contributed by atoms with E-state index < -0.39 is 38.9 Å². The number of nitrogens with zero attached hydrogens (tertiary/aromatic N) is 4. The van der Waals surface area contributed by atoms with Gasteiger partial charge in [0, 0.05) is 49.7 Å². The predicted octanol–water partition coefficient (Wildman–Crippen LogP) is 3.01. The second-order valence-electron chi connectivity index (χ2n) is 10.2. The van der Waals surface area contributed by atoms with Crippen LogP contribution in [0.4, 0.5) is 5.69 Å². The molecule has 2 amide bonds. The maximum Gasteiger partial charge on any atom is 0.296 e. The summed E-state index contributed by atoms with van der Waals surface area (Å²) in [5.41, 5.74) is -0.605. The van der Waals surface area contributed by atoms with Gasteiger partial charge in [0.05, 0.1) is 16.2 Å². The monoisotopic (exact) mass is 572 g/mol. The molecular formula is C30H28N4O6S. The van der Waals surface area contributed by atoms with Gasteiger partial charge in [-0.05, 0) is 61.7 Å². The normalized spacial score (nSPS) is 22.2. The Morgan fingerprint density at radius 1 is 0.976 bits per heavy atom. The fourth-order valence-corrected chi connectivity index (χ4v) is 7.60. The number of anilines is 1. The van der Waals surface area contributed by atoms with Crippen molar-refractivity contribution >= 4 is 39.1 Å². The van der Waals surface area contributed by atoms with Gasteiger partial charge in [0.25, 0.3) is 17.6 Å². The summed E-state index contributed by atoms with van der Waals surface area (Å²) < 4.78 is 27.5. The van der Waals surface area contributed by atoms with Crippen LogP contribution >= 0.6 is 0 Å². The number of rotatable bonds is 6. The summed E-state index contributed by atoms with van der Waals surface area (Å²) in [4.78, 5) is 48.6. The molecule has 210 valence electrons. The molecule has 11 heteroatoms. The van der Waals surface area contributed by atoms with Gasteiger partial charge in [0.2, 0.25) is 10.0 Å². The summed E-state index contributed by atoms with van der Waals surface area (Å²) in [6, 6.07) is 15.9. The third kappa shape index (κ3) is 3.91. The Morgan fingerprint density at radius 2 is 1.68 bits per heavy atom. The van der Waals surface area contributed by atoms with E-state index in [0.29, 0.717) is 29.9 Å². The van der Waals surface area contributed by atoms with Crippen molar-refractivity contribution in [2.45, 2.75) is 36.7 Å². The zero-order valence-electron chi connectivity index (χ0n) is 22.4. The van der Waals surface area contributed by atoms with Crippen molar-refractivity contribution in [3.63, 3.8) is 0 Å². The molecule has 0 aliphatic carbocycles. The highest BCUT2D eigenvalue weighted by Gasteiger charge is 2.67. The van der Waals surface area contributed by atoms with Crippen LogP contribution in [0.2, 0.25) is 0 Å². The number of pyridine rings is 1. The molecule has 4 heterocycles. The van der Waals surface area contributed by atoms with E-state index in [2.05, 4.69) is 4.98 Å². The number of aromatic nitrogens is 1. The molecule has 3 aromatic rings. The molecule has 1 N–H and O–H groups in total. The summed E-state index contributed by atoms with van der Waals surface area (Å²) in [7, 11) is -3.71. The van der Waals surface area contributed by atoms with Crippen LogP contribution < -0.4 is 4.90 Å². The summed E-state index contributed by atoms with van der Waals surface area (Å²) >= 11 is 0. The van der Waals surface area contributed by atoms with Crippen LogP contribution in [0.1, 0.15) is 36.5 Å². The molecule has 2 aromatic carbocycles. The predicted molar refractivity (Wildman–Crippen MR) is 150 cm³/mol. The van der Waals surface area contributed by atoms with Gasteiger partial charge in [0.15, 0.2) is 5.54 Å². The maximum atomic E-state index is 14.3. The third-order valence-corrected chi connectivity index (χ3v) is 9.93. The number of carbonyl (C=O) groups excluding carboxylic acids is 3. The van der Waals surface area contributed by atoms with Crippen LogP contribution in [-0.4, -0.2) is 64.9 Å². The molecule has 0 radical (unpaired) electrons. The Balaban J connectivity index is 1.54. The summed E-state index contributed by atoms with van der Waals surface area (Å²) in [5.74, 6) is -3.01. The van der Waals surface area contributed by atoms with Gasteiger partial charge in [-0.1, -0.05) is 24.3 Å². The van der Waals surface area contributed by atoms with Crippen LogP contribution in [-0.2, 0) is 36.5 Å². The van der Waals surface area contributed by atoms with E-state index in [9.17, 15) is 27.9 Å². The second-order valence-corrected chi connectivity index (χ2v) is 12.2. The van der Waals surface area contributed by atoms with E-state index in [1.54, 1.807) is 55.7 Å². The van der Waals surface area contributed by atoms with Crippen LogP contribution in [0.3, 0.4) is 0 Å². The Morgan fingerprint density at radius 3 is 2.34 bits per heavy atom. The van der Waals surface area contributed by atoms with Gasteiger partial charge in [-0.15, -0.1) is 0 Å².